The first-order chi connectivity index (χ1) is 7.05. The Kier molecular flexibility index (Phi) is 3.71. The van der Waals surface area contributed by atoms with Crippen LogP contribution in [0.25, 0.3) is 0 Å². The lowest BCUT2D eigenvalue weighted by molar-refractivity contribution is -0.137. The fraction of sp³-hybridized carbons (Fsp3) is 0.300. The van der Waals surface area contributed by atoms with Crippen molar-refractivity contribution in [3.05, 3.63) is 35.4 Å². The number of nitrogens with zero attached hydrogens (tertiary/aromatic N) is 1. The third kappa shape index (κ3) is 3.27. The second-order valence-corrected chi connectivity index (χ2v) is 2.66. The van der Waals surface area contributed by atoms with Crippen molar-refractivity contribution in [2.75, 3.05) is 6.61 Å². The van der Waals surface area contributed by atoms with E-state index in [9.17, 15) is 13.2 Å². The molecule has 0 fully saturated rings. The minimum atomic E-state index is -4.40. The van der Waals surface area contributed by atoms with Crippen LogP contribution >= 0.6 is 0 Å². The quantitative estimate of drug-likeness (QED) is 0.562. The molecule has 0 unspecified atom stereocenters. The van der Waals surface area contributed by atoms with Gasteiger partial charge in [0.25, 0.3) is 0 Å². The number of rotatable bonds is 3. The van der Waals surface area contributed by atoms with Crippen molar-refractivity contribution < 1.29 is 18.0 Å². The molecule has 0 heterocycles. The van der Waals surface area contributed by atoms with Crippen molar-refractivity contribution in [1.29, 1.82) is 0 Å². The summed E-state index contributed by atoms with van der Waals surface area (Å²) in [7, 11) is 0. The molecule has 5 heteroatoms. The van der Waals surface area contributed by atoms with Crippen LogP contribution in [-0.2, 0) is 11.0 Å². The van der Waals surface area contributed by atoms with Crippen LogP contribution in [0.5, 0.6) is 0 Å². The van der Waals surface area contributed by atoms with E-state index < -0.39 is 11.7 Å². The molecule has 0 amide bonds. The van der Waals surface area contributed by atoms with E-state index in [0.29, 0.717) is 6.61 Å². The van der Waals surface area contributed by atoms with Crippen LogP contribution in [0.1, 0.15) is 18.1 Å². The maximum Gasteiger partial charge on any atom is 0.417 e. The largest absolute Gasteiger partial charge is 0.417 e. The molecular formula is C10H9F3NO. The lowest BCUT2D eigenvalue weighted by Crippen LogP contribution is -2.08. The normalized spacial score (nSPS) is 12.0. The van der Waals surface area contributed by atoms with Crippen molar-refractivity contribution in [1.82, 2.24) is 0 Å². The number of benzene rings is 1. The van der Waals surface area contributed by atoms with Gasteiger partial charge in [-0.1, -0.05) is 23.4 Å². The molecule has 0 saturated carbocycles. The summed E-state index contributed by atoms with van der Waals surface area (Å²) < 4.78 is 37.3. The molecule has 1 radical (unpaired) electrons. The fourth-order valence-corrected chi connectivity index (χ4v) is 0.974. The van der Waals surface area contributed by atoms with Gasteiger partial charge in [-0.3, -0.25) is 0 Å². The summed E-state index contributed by atoms with van der Waals surface area (Å²) in [6.07, 6.45) is -2.19. The molecule has 1 aromatic rings. The van der Waals surface area contributed by atoms with Crippen molar-refractivity contribution in [2.24, 2.45) is 5.16 Å². The summed E-state index contributed by atoms with van der Waals surface area (Å²) in [5.41, 5.74) is -0.896. The summed E-state index contributed by atoms with van der Waals surface area (Å²) in [6.45, 7) is 1.97. The van der Waals surface area contributed by atoms with E-state index in [1.165, 1.54) is 18.2 Å². The SMILES string of the molecule is CCO/N=[C]/c1ccccc1C(F)(F)F. The molecular weight excluding hydrogens is 207 g/mol. The van der Waals surface area contributed by atoms with Crippen molar-refractivity contribution in [3.8, 4) is 0 Å². The van der Waals surface area contributed by atoms with Gasteiger partial charge >= 0.3 is 6.18 Å². The van der Waals surface area contributed by atoms with Gasteiger partial charge in [-0.15, -0.1) is 0 Å². The number of hydrogen-bond acceptors (Lipinski definition) is 2. The lowest BCUT2D eigenvalue weighted by atomic mass is 10.1. The van der Waals surface area contributed by atoms with Crippen molar-refractivity contribution >= 4 is 6.21 Å². The Labute approximate surface area is 85.4 Å². The molecule has 2 nitrogen and oxygen atoms in total. The Balaban J connectivity index is 2.97. The molecule has 0 spiro atoms. The van der Waals surface area contributed by atoms with Gasteiger partial charge in [0.2, 0.25) is 0 Å². The van der Waals surface area contributed by atoms with E-state index >= 15 is 0 Å². The molecule has 81 valence electrons. The Morgan fingerprint density at radius 1 is 1.33 bits per heavy atom. The van der Waals surface area contributed by atoms with Gasteiger partial charge in [-0.25, -0.2) is 0 Å². The number of halogens is 3. The topological polar surface area (TPSA) is 21.6 Å². The first-order valence-electron chi connectivity index (χ1n) is 4.30. The van der Waals surface area contributed by atoms with Gasteiger partial charge in [-0.2, -0.15) is 13.2 Å². The van der Waals surface area contributed by atoms with E-state index in [1.807, 2.05) is 0 Å². The highest BCUT2D eigenvalue weighted by Gasteiger charge is 2.32. The Bertz CT molecular complexity index is 347. The molecule has 0 bridgehead atoms. The first kappa shape index (κ1) is 11.6. The highest BCUT2D eigenvalue weighted by molar-refractivity contribution is 5.81. The smallest absolute Gasteiger partial charge is 0.396 e. The molecule has 15 heavy (non-hydrogen) atoms. The third-order valence-electron chi connectivity index (χ3n) is 1.59. The van der Waals surface area contributed by atoms with Crippen LogP contribution in [0.3, 0.4) is 0 Å². The predicted molar refractivity (Wildman–Crippen MR) is 49.6 cm³/mol. The molecule has 0 aliphatic heterocycles. The van der Waals surface area contributed by atoms with Gasteiger partial charge < -0.3 is 4.84 Å². The molecule has 0 N–H and O–H groups in total. The minimum absolute atomic E-state index is 0.126. The Hall–Kier alpha value is -1.52. The molecule has 0 aliphatic rings. The maximum absolute atomic E-state index is 12.4. The minimum Gasteiger partial charge on any atom is -0.396 e. The highest BCUT2D eigenvalue weighted by atomic mass is 19.4. The summed E-state index contributed by atoms with van der Waals surface area (Å²) in [4.78, 5) is 4.55. The van der Waals surface area contributed by atoms with Gasteiger partial charge in [0, 0.05) is 5.56 Å². The van der Waals surface area contributed by atoms with Crippen molar-refractivity contribution in [3.63, 3.8) is 0 Å². The monoisotopic (exact) mass is 216 g/mol. The maximum atomic E-state index is 12.4. The molecule has 0 aromatic heterocycles. The van der Waals surface area contributed by atoms with Crippen LogP contribution in [0.4, 0.5) is 13.2 Å². The summed E-state index contributed by atoms with van der Waals surface area (Å²) in [5.74, 6) is 0. The summed E-state index contributed by atoms with van der Waals surface area (Å²) >= 11 is 0. The average molecular weight is 216 g/mol. The summed E-state index contributed by atoms with van der Waals surface area (Å²) in [5, 5.41) is 3.28. The second kappa shape index (κ2) is 4.82. The highest BCUT2D eigenvalue weighted by Crippen LogP contribution is 2.30. The Morgan fingerprint density at radius 2 is 2.00 bits per heavy atom. The zero-order chi connectivity index (χ0) is 11.3. The standard InChI is InChI=1S/C10H9F3NO/c1-2-15-14-7-8-5-3-4-6-9(8)10(11,12)13/h3-6H,2H2,1H3. The zero-order valence-corrected chi connectivity index (χ0v) is 8.01. The second-order valence-electron chi connectivity index (χ2n) is 2.66. The number of hydrogen-bond donors (Lipinski definition) is 0. The predicted octanol–water partition coefficient (Wildman–Crippen LogP) is 2.95. The first-order valence-corrected chi connectivity index (χ1v) is 4.30. The van der Waals surface area contributed by atoms with Gasteiger partial charge in [0.1, 0.15) is 12.8 Å². The van der Waals surface area contributed by atoms with E-state index in [-0.39, 0.29) is 5.56 Å². The van der Waals surface area contributed by atoms with Gasteiger partial charge in [0.15, 0.2) is 0 Å². The Morgan fingerprint density at radius 3 is 2.60 bits per heavy atom. The third-order valence-corrected chi connectivity index (χ3v) is 1.59. The average Bonchev–Trinajstić information content (AvgIpc) is 2.17. The van der Waals surface area contributed by atoms with Crippen LogP contribution in [0.2, 0.25) is 0 Å². The van der Waals surface area contributed by atoms with Gasteiger partial charge in [0.05, 0.1) is 5.56 Å². The molecule has 0 atom stereocenters. The van der Waals surface area contributed by atoms with E-state index in [4.69, 9.17) is 0 Å². The van der Waals surface area contributed by atoms with Crippen molar-refractivity contribution in [2.45, 2.75) is 13.1 Å². The van der Waals surface area contributed by atoms with Crippen LogP contribution in [-0.4, -0.2) is 12.8 Å². The summed E-state index contributed by atoms with van der Waals surface area (Å²) in [6, 6.07) is 5.06. The lowest BCUT2D eigenvalue weighted by Gasteiger charge is -2.08. The van der Waals surface area contributed by atoms with Gasteiger partial charge in [-0.05, 0) is 13.0 Å². The zero-order valence-electron chi connectivity index (χ0n) is 8.01. The van der Waals surface area contributed by atoms with E-state index in [1.54, 1.807) is 6.92 Å². The molecule has 1 rings (SSSR count). The van der Waals surface area contributed by atoms with Crippen LogP contribution in [0.15, 0.2) is 29.4 Å². The number of alkyl halides is 3. The molecule has 0 saturated heterocycles. The van der Waals surface area contributed by atoms with Crippen LogP contribution < -0.4 is 0 Å². The van der Waals surface area contributed by atoms with E-state index in [2.05, 4.69) is 16.2 Å². The van der Waals surface area contributed by atoms with E-state index in [0.717, 1.165) is 6.07 Å². The molecule has 0 aliphatic carbocycles. The molecule has 1 aromatic carbocycles. The van der Waals surface area contributed by atoms with Crippen LogP contribution in [0, 0.1) is 0 Å². The fourth-order valence-electron chi connectivity index (χ4n) is 0.974.